The molecule has 28 heavy (non-hydrogen) atoms. The number of hydrogen-bond donors (Lipinski definition) is 3. The van der Waals surface area contributed by atoms with Crippen molar-refractivity contribution in [3.8, 4) is 0 Å². The van der Waals surface area contributed by atoms with Gasteiger partial charge in [0, 0.05) is 49.9 Å². The molecule has 3 fully saturated rings. The van der Waals surface area contributed by atoms with Gasteiger partial charge in [0.2, 0.25) is 11.8 Å². The predicted octanol–water partition coefficient (Wildman–Crippen LogP) is 0.976. The van der Waals surface area contributed by atoms with Gasteiger partial charge in [0.25, 0.3) is 0 Å². The summed E-state index contributed by atoms with van der Waals surface area (Å²) in [5, 5.41) is 16.7. The monoisotopic (exact) mass is 385 g/mol. The van der Waals surface area contributed by atoms with Gasteiger partial charge < -0.3 is 20.5 Å². The summed E-state index contributed by atoms with van der Waals surface area (Å²) < 4.78 is 5.32. The van der Waals surface area contributed by atoms with E-state index in [0.29, 0.717) is 32.5 Å². The number of hydrogen-bond acceptors (Lipinski definition) is 5. The Morgan fingerprint density at radius 2 is 2.11 bits per heavy atom. The summed E-state index contributed by atoms with van der Waals surface area (Å²) in [7, 11) is 0. The third kappa shape index (κ3) is 2.53. The van der Waals surface area contributed by atoms with Gasteiger partial charge in [-0.15, -0.1) is 0 Å². The van der Waals surface area contributed by atoms with Crippen molar-refractivity contribution < 1.29 is 19.4 Å². The first-order valence-electron chi connectivity index (χ1n) is 10.3. The summed E-state index contributed by atoms with van der Waals surface area (Å²) in [6.45, 7) is 2.05. The van der Waals surface area contributed by atoms with Crippen LogP contribution in [0.1, 0.15) is 37.7 Å². The van der Waals surface area contributed by atoms with Gasteiger partial charge in [-0.2, -0.15) is 0 Å². The van der Waals surface area contributed by atoms with Gasteiger partial charge in [0.1, 0.15) is 5.54 Å². The van der Waals surface area contributed by atoms with Crippen molar-refractivity contribution in [3.05, 3.63) is 29.8 Å². The van der Waals surface area contributed by atoms with E-state index < -0.39 is 17.1 Å². The lowest BCUT2D eigenvalue weighted by Crippen LogP contribution is -2.56. The number of carbonyl (C=O) groups is 2. The normalized spacial score (nSPS) is 33.5. The number of anilines is 1. The lowest BCUT2D eigenvalue weighted by atomic mass is 9.78. The van der Waals surface area contributed by atoms with Crippen molar-refractivity contribution in [1.82, 2.24) is 10.2 Å². The first-order chi connectivity index (χ1) is 13.5. The highest BCUT2D eigenvalue weighted by Crippen LogP contribution is 2.55. The number of para-hydroxylation sites is 1. The van der Waals surface area contributed by atoms with Crippen LogP contribution in [-0.4, -0.2) is 59.8 Å². The molecule has 3 N–H and O–H groups in total. The Morgan fingerprint density at radius 3 is 2.93 bits per heavy atom. The summed E-state index contributed by atoms with van der Waals surface area (Å²) in [6, 6.07) is 7.97. The van der Waals surface area contributed by atoms with Gasteiger partial charge in [-0.05, 0) is 31.9 Å². The fraction of sp³-hybridized carbons (Fsp3) is 0.619. The van der Waals surface area contributed by atoms with Gasteiger partial charge in [0.05, 0.1) is 11.5 Å². The minimum Gasteiger partial charge on any atom is -0.388 e. The van der Waals surface area contributed by atoms with Crippen molar-refractivity contribution in [2.45, 2.75) is 49.3 Å². The van der Waals surface area contributed by atoms with Crippen LogP contribution in [0.15, 0.2) is 24.3 Å². The van der Waals surface area contributed by atoms with Crippen molar-refractivity contribution in [3.63, 3.8) is 0 Å². The van der Waals surface area contributed by atoms with E-state index in [1.54, 1.807) is 0 Å². The molecule has 0 bridgehead atoms. The quantitative estimate of drug-likeness (QED) is 0.722. The highest BCUT2D eigenvalue weighted by Gasteiger charge is 2.65. The van der Waals surface area contributed by atoms with E-state index in [1.165, 1.54) is 0 Å². The molecule has 7 heteroatoms. The predicted molar refractivity (Wildman–Crippen MR) is 103 cm³/mol. The fourth-order valence-electron chi connectivity index (χ4n) is 5.68. The Balaban J connectivity index is 1.45. The Morgan fingerprint density at radius 1 is 1.32 bits per heavy atom. The molecule has 1 aromatic rings. The first-order valence-corrected chi connectivity index (χ1v) is 10.3. The summed E-state index contributed by atoms with van der Waals surface area (Å²) in [5.41, 5.74) is -0.138. The van der Waals surface area contributed by atoms with E-state index in [1.807, 2.05) is 24.3 Å². The number of nitrogens with zero attached hydrogens (tertiary/aromatic N) is 1. The fourth-order valence-corrected chi connectivity index (χ4v) is 5.68. The van der Waals surface area contributed by atoms with Gasteiger partial charge in [-0.3, -0.25) is 14.5 Å². The van der Waals surface area contributed by atoms with Crippen LogP contribution in [0.25, 0.3) is 0 Å². The molecule has 7 nitrogen and oxygen atoms in total. The third-order valence-corrected chi connectivity index (χ3v) is 7.11. The van der Waals surface area contributed by atoms with E-state index in [4.69, 9.17) is 4.74 Å². The van der Waals surface area contributed by atoms with Gasteiger partial charge in [-0.25, -0.2) is 0 Å². The summed E-state index contributed by atoms with van der Waals surface area (Å²) >= 11 is 0. The van der Waals surface area contributed by atoms with E-state index in [-0.39, 0.29) is 24.4 Å². The minimum atomic E-state index is -0.930. The average Bonchev–Trinajstić information content (AvgIpc) is 3.35. The molecular formula is C21H27N3O4. The van der Waals surface area contributed by atoms with E-state index in [2.05, 4.69) is 15.5 Å². The molecule has 4 aliphatic heterocycles. The Bertz CT molecular complexity index is 807. The molecule has 0 radical (unpaired) electrons. The molecule has 0 unspecified atom stereocenters. The second-order valence-electron chi connectivity index (χ2n) is 8.60. The standard InChI is InChI=1S/C21H27N3O4/c25-18(22-13-20(27)7-10-28-11-8-20)16-12-14-4-3-9-24(14)21(16)15-5-1-2-6-17(15)23-19(21)26/h1-2,5-6,14,16,27H,3-4,7-13H2,(H,22,25)(H,23,26)/t14-,16-,21+/m1/s1. The second-order valence-corrected chi connectivity index (χ2v) is 8.60. The molecule has 4 heterocycles. The number of amides is 2. The van der Waals surface area contributed by atoms with Gasteiger partial charge in [0.15, 0.2) is 0 Å². The zero-order chi connectivity index (χ0) is 19.4. The molecule has 2 amide bonds. The Kier molecular flexibility index (Phi) is 4.23. The maximum Gasteiger partial charge on any atom is 0.250 e. The molecule has 1 spiro atoms. The number of ether oxygens (including phenoxy) is 1. The van der Waals surface area contributed by atoms with Crippen LogP contribution in [0.4, 0.5) is 5.69 Å². The van der Waals surface area contributed by atoms with Gasteiger partial charge >= 0.3 is 0 Å². The van der Waals surface area contributed by atoms with Crippen molar-refractivity contribution >= 4 is 17.5 Å². The maximum atomic E-state index is 13.3. The Hall–Kier alpha value is -1.96. The summed E-state index contributed by atoms with van der Waals surface area (Å²) in [4.78, 5) is 28.9. The molecule has 3 atom stereocenters. The molecule has 150 valence electrons. The number of nitrogens with one attached hydrogen (secondary N) is 2. The van der Waals surface area contributed by atoms with Crippen LogP contribution >= 0.6 is 0 Å². The van der Waals surface area contributed by atoms with E-state index in [9.17, 15) is 14.7 Å². The lowest BCUT2D eigenvalue weighted by molar-refractivity contribution is -0.138. The molecule has 3 saturated heterocycles. The van der Waals surface area contributed by atoms with Crippen molar-refractivity contribution in [1.29, 1.82) is 0 Å². The number of aliphatic hydroxyl groups is 1. The molecule has 0 aromatic heterocycles. The van der Waals surface area contributed by atoms with Crippen LogP contribution in [0.2, 0.25) is 0 Å². The zero-order valence-electron chi connectivity index (χ0n) is 15.9. The highest BCUT2D eigenvalue weighted by molar-refractivity contribution is 6.09. The average molecular weight is 385 g/mol. The van der Waals surface area contributed by atoms with Crippen LogP contribution in [0, 0.1) is 5.92 Å². The van der Waals surface area contributed by atoms with E-state index >= 15 is 0 Å². The molecule has 0 aliphatic carbocycles. The van der Waals surface area contributed by atoms with E-state index in [0.717, 1.165) is 30.6 Å². The van der Waals surface area contributed by atoms with Crippen LogP contribution in [-0.2, 0) is 19.9 Å². The third-order valence-electron chi connectivity index (χ3n) is 7.11. The van der Waals surface area contributed by atoms with Crippen LogP contribution < -0.4 is 10.6 Å². The molecular weight excluding hydrogens is 358 g/mol. The van der Waals surface area contributed by atoms with Crippen molar-refractivity contribution in [2.24, 2.45) is 5.92 Å². The summed E-state index contributed by atoms with van der Waals surface area (Å²) in [5.74, 6) is -0.686. The smallest absolute Gasteiger partial charge is 0.250 e. The molecule has 0 saturated carbocycles. The highest BCUT2D eigenvalue weighted by atomic mass is 16.5. The summed E-state index contributed by atoms with van der Waals surface area (Å²) in [6.07, 6.45) is 3.77. The Labute approximate surface area is 164 Å². The maximum absolute atomic E-state index is 13.3. The molecule has 5 rings (SSSR count). The number of carbonyl (C=O) groups excluding carboxylic acids is 2. The zero-order valence-corrected chi connectivity index (χ0v) is 15.9. The number of fused-ring (bicyclic) bond motifs is 4. The first kappa shape index (κ1) is 18.1. The van der Waals surface area contributed by atoms with Gasteiger partial charge in [-0.1, -0.05) is 18.2 Å². The molecule has 1 aromatic carbocycles. The minimum absolute atomic E-state index is 0.0944. The second kappa shape index (κ2) is 6.54. The van der Waals surface area contributed by atoms with Crippen LogP contribution in [0.3, 0.4) is 0 Å². The molecule has 4 aliphatic rings. The number of rotatable bonds is 3. The lowest BCUT2D eigenvalue weighted by Gasteiger charge is -2.37. The van der Waals surface area contributed by atoms with Crippen LogP contribution in [0.5, 0.6) is 0 Å². The SMILES string of the molecule is O=C(NCC1(O)CCOCC1)[C@H]1C[C@H]2CCCN2[C@]12C(=O)Nc1ccccc12. The van der Waals surface area contributed by atoms with Crippen molar-refractivity contribution in [2.75, 3.05) is 31.6 Å². The topological polar surface area (TPSA) is 90.9 Å². The largest absolute Gasteiger partial charge is 0.388 e. The number of benzene rings is 1.